The zero-order chi connectivity index (χ0) is 31.9. The van der Waals surface area contributed by atoms with Gasteiger partial charge < -0.3 is 15.7 Å². The van der Waals surface area contributed by atoms with Gasteiger partial charge in [0.25, 0.3) is 0 Å². The molecule has 3 unspecified atom stereocenters. The Kier molecular flexibility index (Phi) is 22.6. The molecule has 3 rings (SSSR count). The van der Waals surface area contributed by atoms with E-state index < -0.39 is 0 Å². The SMILES string of the molecule is C=C.C=CC.CCCCCc1cc(C)c(C2C=C(C)CCC2)c(CC/C=C/NCC2=C(C=O)NC(C(C)S)C2)c1.CO. The minimum atomic E-state index is 0.219. The molecule has 42 heavy (non-hydrogen) atoms. The van der Waals surface area contributed by atoms with E-state index in [1.807, 2.05) is 6.92 Å². The van der Waals surface area contributed by atoms with Crippen molar-refractivity contribution in [2.45, 2.75) is 116 Å². The second kappa shape index (κ2) is 24.0. The lowest BCUT2D eigenvalue weighted by Gasteiger charge is -2.25. The summed E-state index contributed by atoms with van der Waals surface area (Å²) in [5, 5.41) is 13.9. The molecule has 0 aromatic heterocycles. The van der Waals surface area contributed by atoms with Gasteiger partial charge in [-0.25, -0.2) is 0 Å². The summed E-state index contributed by atoms with van der Waals surface area (Å²) in [6.07, 6.45) is 21.3. The number of allylic oxidation sites excluding steroid dienone is 5. The first-order chi connectivity index (χ1) is 20.3. The summed E-state index contributed by atoms with van der Waals surface area (Å²) >= 11 is 4.53. The highest BCUT2D eigenvalue weighted by Crippen LogP contribution is 2.36. The number of hydrogen-bond acceptors (Lipinski definition) is 5. The van der Waals surface area contributed by atoms with Crippen molar-refractivity contribution >= 4 is 18.9 Å². The van der Waals surface area contributed by atoms with Gasteiger partial charge in [-0.05, 0) is 106 Å². The van der Waals surface area contributed by atoms with Gasteiger partial charge in [-0.1, -0.05) is 62.6 Å². The van der Waals surface area contributed by atoms with Crippen molar-refractivity contribution in [3.8, 4) is 0 Å². The third kappa shape index (κ3) is 14.1. The van der Waals surface area contributed by atoms with Crippen LogP contribution in [0.1, 0.15) is 107 Å². The Morgan fingerprint density at radius 2 is 1.88 bits per heavy atom. The summed E-state index contributed by atoms with van der Waals surface area (Å²) in [6, 6.07) is 5.20. The molecule has 0 fully saturated rings. The van der Waals surface area contributed by atoms with Gasteiger partial charge in [-0.3, -0.25) is 4.79 Å². The van der Waals surface area contributed by atoms with E-state index in [9.17, 15) is 4.79 Å². The van der Waals surface area contributed by atoms with E-state index in [4.69, 9.17) is 5.11 Å². The van der Waals surface area contributed by atoms with Crippen LogP contribution in [0.25, 0.3) is 0 Å². The van der Waals surface area contributed by atoms with Crippen LogP contribution in [0.2, 0.25) is 0 Å². The number of carbonyl (C=O) groups is 1. The van der Waals surface area contributed by atoms with Crippen molar-refractivity contribution < 1.29 is 9.90 Å². The minimum Gasteiger partial charge on any atom is -0.400 e. The van der Waals surface area contributed by atoms with Gasteiger partial charge in [-0.2, -0.15) is 12.6 Å². The van der Waals surface area contributed by atoms with Gasteiger partial charge in [0, 0.05) is 30.9 Å². The van der Waals surface area contributed by atoms with Crippen LogP contribution in [-0.4, -0.2) is 36.3 Å². The Labute approximate surface area is 264 Å². The Bertz CT molecular complexity index is 1010. The summed E-state index contributed by atoms with van der Waals surface area (Å²) in [4.78, 5) is 11.4. The van der Waals surface area contributed by atoms with Crippen LogP contribution < -0.4 is 10.6 Å². The Morgan fingerprint density at radius 1 is 1.19 bits per heavy atom. The standard InChI is InChI=1S/C31H46N2OS.C3H6.C2H4.CH4O/c1-5-6-7-12-25-17-23(3)31(26-14-10-11-22(2)16-26)27(18-25)13-8-9-15-32-20-28-19-29(24(4)35)33-30(28)21-34;1-3-2;2*1-2/h9,15-18,21,24,26,29,32-33,35H,5-8,10-14,19-20H2,1-4H3;3H,1H2,2H3;1-2H2;2H,1H3/b15-9+;;;. The van der Waals surface area contributed by atoms with Gasteiger partial charge in [0.1, 0.15) is 0 Å². The fourth-order valence-electron chi connectivity index (χ4n) is 5.64. The van der Waals surface area contributed by atoms with Crippen molar-refractivity contribution in [2.75, 3.05) is 13.7 Å². The molecule has 3 atom stereocenters. The Balaban J connectivity index is 0.00000221. The first-order valence-corrected chi connectivity index (χ1v) is 16.2. The summed E-state index contributed by atoms with van der Waals surface area (Å²) < 4.78 is 0. The fraction of sp³-hybridized carbons (Fsp3) is 0.541. The van der Waals surface area contributed by atoms with Crippen LogP contribution in [0.15, 0.2) is 73.1 Å². The smallest absolute Gasteiger partial charge is 0.165 e. The quantitative estimate of drug-likeness (QED) is 0.0796. The number of aryl methyl sites for hydroxylation is 3. The van der Waals surface area contributed by atoms with Crippen LogP contribution in [0.5, 0.6) is 0 Å². The molecule has 0 radical (unpaired) electrons. The first kappa shape index (κ1) is 39.5. The largest absolute Gasteiger partial charge is 0.400 e. The number of nitrogens with one attached hydrogen (secondary N) is 2. The molecule has 1 aromatic carbocycles. The van der Waals surface area contributed by atoms with Crippen molar-refractivity contribution in [1.29, 1.82) is 0 Å². The molecular formula is C37H60N2O2S. The highest BCUT2D eigenvalue weighted by atomic mass is 32.1. The molecule has 3 N–H and O–H groups in total. The van der Waals surface area contributed by atoms with E-state index in [-0.39, 0.29) is 11.3 Å². The summed E-state index contributed by atoms with van der Waals surface area (Å²) in [5.74, 6) is 0.566. The van der Waals surface area contributed by atoms with E-state index in [2.05, 4.69) is 101 Å². The number of unbranched alkanes of at least 4 members (excludes halogenated alkanes) is 2. The summed E-state index contributed by atoms with van der Waals surface area (Å²) in [5.41, 5.74) is 9.51. The third-order valence-electron chi connectivity index (χ3n) is 7.56. The number of thiol groups is 1. The van der Waals surface area contributed by atoms with E-state index >= 15 is 0 Å². The molecule has 0 amide bonds. The van der Waals surface area contributed by atoms with Crippen molar-refractivity contribution in [1.82, 2.24) is 10.6 Å². The lowest BCUT2D eigenvalue weighted by molar-refractivity contribution is -0.105. The van der Waals surface area contributed by atoms with Crippen LogP contribution in [0, 0.1) is 6.92 Å². The van der Waals surface area contributed by atoms with Crippen molar-refractivity contribution in [2.24, 2.45) is 0 Å². The molecule has 1 aliphatic carbocycles. The van der Waals surface area contributed by atoms with E-state index in [1.165, 1.54) is 61.6 Å². The topological polar surface area (TPSA) is 61.4 Å². The van der Waals surface area contributed by atoms with E-state index in [0.717, 1.165) is 43.9 Å². The maximum absolute atomic E-state index is 11.4. The maximum atomic E-state index is 11.4. The molecule has 0 saturated heterocycles. The number of rotatable bonds is 13. The highest BCUT2D eigenvalue weighted by molar-refractivity contribution is 7.81. The predicted octanol–water partition coefficient (Wildman–Crippen LogP) is 8.71. The molecule has 1 heterocycles. The normalized spacial score (nSPS) is 18.2. The van der Waals surface area contributed by atoms with Gasteiger partial charge in [0.15, 0.2) is 6.29 Å². The van der Waals surface area contributed by atoms with Crippen molar-refractivity contribution in [3.05, 3.63) is 95.4 Å². The number of aliphatic hydroxyl groups excluding tert-OH is 1. The second-order valence-corrected chi connectivity index (χ2v) is 11.8. The average molecular weight is 597 g/mol. The lowest BCUT2D eigenvalue weighted by Crippen LogP contribution is -2.30. The maximum Gasteiger partial charge on any atom is 0.165 e. The van der Waals surface area contributed by atoms with Gasteiger partial charge in [0.05, 0.1) is 5.70 Å². The molecule has 236 valence electrons. The first-order valence-electron chi connectivity index (χ1n) is 15.7. The molecule has 0 bridgehead atoms. The number of benzene rings is 1. The number of carbonyl (C=O) groups excluding carboxylic acids is 1. The zero-order valence-corrected chi connectivity index (χ0v) is 28.4. The van der Waals surface area contributed by atoms with Crippen molar-refractivity contribution in [3.63, 3.8) is 0 Å². The van der Waals surface area contributed by atoms with Gasteiger partial charge in [-0.15, -0.1) is 19.7 Å². The van der Waals surface area contributed by atoms with Crippen LogP contribution >= 0.6 is 12.6 Å². The van der Waals surface area contributed by atoms with Gasteiger partial charge in [0.2, 0.25) is 0 Å². The van der Waals surface area contributed by atoms with Gasteiger partial charge >= 0.3 is 0 Å². The molecule has 4 nitrogen and oxygen atoms in total. The summed E-state index contributed by atoms with van der Waals surface area (Å²) in [6.45, 7) is 20.9. The average Bonchev–Trinajstić information content (AvgIpc) is 3.41. The van der Waals surface area contributed by atoms with Crippen LogP contribution in [0.4, 0.5) is 0 Å². The van der Waals surface area contributed by atoms with Crippen LogP contribution in [0.3, 0.4) is 0 Å². The molecule has 0 saturated carbocycles. The Hall–Kier alpha value is -2.50. The molecule has 1 aromatic rings. The molecule has 2 aliphatic rings. The Morgan fingerprint density at radius 3 is 2.48 bits per heavy atom. The highest BCUT2D eigenvalue weighted by Gasteiger charge is 2.25. The second-order valence-electron chi connectivity index (χ2n) is 11.0. The molecule has 0 spiro atoms. The minimum absolute atomic E-state index is 0.219. The fourth-order valence-corrected chi connectivity index (χ4v) is 5.82. The van der Waals surface area contributed by atoms with E-state index in [0.29, 0.717) is 12.5 Å². The molecular weight excluding hydrogens is 536 g/mol. The summed E-state index contributed by atoms with van der Waals surface area (Å²) in [7, 11) is 1.00. The zero-order valence-electron chi connectivity index (χ0n) is 27.5. The number of aldehydes is 1. The predicted molar refractivity (Wildman–Crippen MR) is 189 cm³/mol. The monoisotopic (exact) mass is 596 g/mol. The molecule has 1 aliphatic heterocycles. The van der Waals surface area contributed by atoms with E-state index in [1.54, 1.807) is 17.2 Å². The van der Waals surface area contributed by atoms with Crippen LogP contribution in [-0.2, 0) is 17.6 Å². The lowest BCUT2D eigenvalue weighted by atomic mass is 9.80. The number of hydrogen-bond donors (Lipinski definition) is 4. The number of aliphatic hydroxyl groups is 1. The molecule has 5 heteroatoms. The third-order valence-corrected chi connectivity index (χ3v) is 7.92.